The zero-order valence-corrected chi connectivity index (χ0v) is 15.1. The number of halogens is 4. The van der Waals surface area contributed by atoms with E-state index in [1.54, 1.807) is 24.5 Å². The molecule has 0 spiro atoms. The molecule has 29 heavy (non-hydrogen) atoms. The SMILES string of the molecule is O=c1[nH]c(C(F)(F)F)nc2c1CN(Cc1cncc(-c3ccc(F)cc3)c1)CC2. The number of hydrogen-bond donors (Lipinski definition) is 1. The molecular weight excluding hydrogens is 388 g/mol. The van der Waals surface area contributed by atoms with Crippen LogP contribution in [0.2, 0.25) is 0 Å². The summed E-state index contributed by atoms with van der Waals surface area (Å²) in [4.78, 5) is 23.7. The van der Waals surface area contributed by atoms with Crippen LogP contribution in [0.3, 0.4) is 0 Å². The van der Waals surface area contributed by atoms with Crippen LogP contribution in [0, 0.1) is 5.82 Å². The zero-order valence-electron chi connectivity index (χ0n) is 15.1. The van der Waals surface area contributed by atoms with E-state index < -0.39 is 17.6 Å². The number of rotatable bonds is 3. The van der Waals surface area contributed by atoms with E-state index in [0.717, 1.165) is 16.7 Å². The van der Waals surface area contributed by atoms with Crippen LogP contribution in [0.15, 0.2) is 47.5 Å². The lowest BCUT2D eigenvalue weighted by Crippen LogP contribution is -2.36. The first-order valence-corrected chi connectivity index (χ1v) is 8.91. The van der Waals surface area contributed by atoms with Gasteiger partial charge in [-0.3, -0.25) is 14.7 Å². The lowest BCUT2D eigenvalue weighted by atomic mass is 10.0. The summed E-state index contributed by atoms with van der Waals surface area (Å²) in [5.74, 6) is -1.58. The van der Waals surface area contributed by atoms with Crippen molar-refractivity contribution in [1.82, 2.24) is 19.9 Å². The Morgan fingerprint density at radius 1 is 1.10 bits per heavy atom. The zero-order chi connectivity index (χ0) is 20.6. The number of nitrogens with zero attached hydrogens (tertiary/aromatic N) is 3. The summed E-state index contributed by atoms with van der Waals surface area (Å²) < 4.78 is 51.6. The molecule has 1 aromatic carbocycles. The molecule has 0 fully saturated rings. The standard InChI is InChI=1S/C20H16F4N4O/c21-15-3-1-13(2-4-15)14-7-12(8-25-9-14)10-28-6-5-17-16(11-28)18(29)27-19(26-17)20(22,23)24/h1-4,7-9H,5-6,10-11H2,(H,26,27,29). The number of H-pyrrole nitrogens is 1. The monoisotopic (exact) mass is 404 g/mol. The minimum Gasteiger partial charge on any atom is -0.303 e. The van der Waals surface area contributed by atoms with Gasteiger partial charge in [-0.05, 0) is 29.3 Å². The first-order valence-electron chi connectivity index (χ1n) is 8.91. The second-order valence-electron chi connectivity index (χ2n) is 6.89. The molecule has 0 aliphatic carbocycles. The molecule has 1 aliphatic heterocycles. The van der Waals surface area contributed by atoms with Gasteiger partial charge in [0, 0.05) is 44.0 Å². The van der Waals surface area contributed by atoms with Crippen LogP contribution in [-0.4, -0.2) is 26.4 Å². The van der Waals surface area contributed by atoms with Crippen molar-refractivity contribution < 1.29 is 17.6 Å². The van der Waals surface area contributed by atoms with Gasteiger partial charge in [-0.1, -0.05) is 12.1 Å². The van der Waals surface area contributed by atoms with Crippen molar-refractivity contribution in [3.8, 4) is 11.1 Å². The van der Waals surface area contributed by atoms with Gasteiger partial charge >= 0.3 is 6.18 Å². The molecule has 0 amide bonds. The quantitative estimate of drug-likeness (QED) is 0.679. The van der Waals surface area contributed by atoms with Gasteiger partial charge in [-0.15, -0.1) is 0 Å². The highest BCUT2D eigenvalue weighted by Crippen LogP contribution is 2.27. The second kappa shape index (κ2) is 7.40. The van der Waals surface area contributed by atoms with E-state index in [4.69, 9.17) is 0 Å². The number of fused-ring (bicyclic) bond motifs is 1. The van der Waals surface area contributed by atoms with Crippen LogP contribution in [0.25, 0.3) is 11.1 Å². The Hall–Kier alpha value is -3.07. The summed E-state index contributed by atoms with van der Waals surface area (Å²) in [7, 11) is 0. The number of pyridine rings is 1. The van der Waals surface area contributed by atoms with Crippen LogP contribution in [0.1, 0.15) is 22.6 Å². The topological polar surface area (TPSA) is 61.9 Å². The highest BCUT2D eigenvalue weighted by molar-refractivity contribution is 5.62. The molecular formula is C20H16F4N4O. The molecule has 0 saturated carbocycles. The lowest BCUT2D eigenvalue weighted by molar-refractivity contribution is -0.145. The maximum atomic E-state index is 13.1. The summed E-state index contributed by atoms with van der Waals surface area (Å²) >= 11 is 0. The van der Waals surface area contributed by atoms with Crippen molar-refractivity contribution in [3.05, 3.63) is 81.5 Å². The summed E-state index contributed by atoms with van der Waals surface area (Å²) in [5, 5.41) is 0. The maximum Gasteiger partial charge on any atom is 0.449 e. The summed E-state index contributed by atoms with van der Waals surface area (Å²) in [5.41, 5.74) is 2.22. The minimum absolute atomic E-state index is 0.190. The number of benzene rings is 1. The van der Waals surface area contributed by atoms with Crippen molar-refractivity contribution in [1.29, 1.82) is 0 Å². The molecule has 150 valence electrons. The Bertz CT molecular complexity index is 1090. The van der Waals surface area contributed by atoms with E-state index in [2.05, 4.69) is 9.97 Å². The predicted molar refractivity (Wildman–Crippen MR) is 97.3 cm³/mol. The fraction of sp³-hybridized carbons (Fsp3) is 0.250. The molecule has 0 bridgehead atoms. The Balaban J connectivity index is 1.53. The van der Waals surface area contributed by atoms with Crippen LogP contribution >= 0.6 is 0 Å². The summed E-state index contributed by atoms with van der Waals surface area (Å²) in [6, 6.07) is 7.99. The third kappa shape index (κ3) is 4.19. The van der Waals surface area contributed by atoms with Gasteiger partial charge in [0.05, 0.1) is 11.3 Å². The van der Waals surface area contributed by atoms with Gasteiger partial charge in [0.2, 0.25) is 5.82 Å². The third-order valence-corrected chi connectivity index (χ3v) is 4.79. The van der Waals surface area contributed by atoms with Gasteiger partial charge in [0.1, 0.15) is 5.82 Å². The van der Waals surface area contributed by atoms with Gasteiger partial charge in [-0.2, -0.15) is 13.2 Å². The molecule has 0 atom stereocenters. The van der Waals surface area contributed by atoms with E-state index >= 15 is 0 Å². The van der Waals surface area contributed by atoms with Crippen molar-refractivity contribution >= 4 is 0 Å². The fourth-order valence-electron chi connectivity index (χ4n) is 3.38. The van der Waals surface area contributed by atoms with Crippen molar-refractivity contribution in [2.24, 2.45) is 0 Å². The van der Waals surface area contributed by atoms with Gasteiger partial charge in [-0.25, -0.2) is 9.37 Å². The fourth-order valence-corrected chi connectivity index (χ4v) is 3.38. The van der Waals surface area contributed by atoms with Gasteiger partial charge in [0.15, 0.2) is 0 Å². The van der Waals surface area contributed by atoms with E-state index in [-0.39, 0.29) is 30.0 Å². The van der Waals surface area contributed by atoms with E-state index in [0.29, 0.717) is 13.1 Å². The predicted octanol–water partition coefficient (Wildman–Crippen LogP) is 3.55. The largest absolute Gasteiger partial charge is 0.449 e. The molecule has 3 aromatic rings. The number of aromatic nitrogens is 3. The Morgan fingerprint density at radius 3 is 2.59 bits per heavy atom. The number of alkyl halides is 3. The molecule has 4 rings (SSSR count). The molecule has 9 heteroatoms. The molecule has 0 radical (unpaired) electrons. The second-order valence-corrected chi connectivity index (χ2v) is 6.89. The summed E-state index contributed by atoms with van der Waals surface area (Å²) in [6.45, 7) is 1.15. The highest BCUT2D eigenvalue weighted by atomic mass is 19.4. The number of nitrogens with one attached hydrogen (secondary N) is 1. The van der Waals surface area contributed by atoms with Crippen molar-refractivity contribution in [2.45, 2.75) is 25.7 Å². The maximum absolute atomic E-state index is 13.1. The molecule has 2 aromatic heterocycles. The molecule has 0 unspecified atom stereocenters. The normalized spacial score (nSPS) is 14.6. The molecule has 0 saturated heterocycles. The third-order valence-electron chi connectivity index (χ3n) is 4.79. The molecule has 5 nitrogen and oxygen atoms in total. The number of aromatic amines is 1. The van der Waals surface area contributed by atoms with Crippen molar-refractivity contribution in [2.75, 3.05) is 6.54 Å². The Morgan fingerprint density at radius 2 is 1.86 bits per heavy atom. The molecule has 3 heterocycles. The van der Waals surface area contributed by atoms with E-state index in [9.17, 15) is 22.4 Å². The van der Waals surface area contributed by atoms with Crippen LogP contribution in [-0.2, 0) is 25.7 Å². The lowest BCUT2D eigenvalue weighted by Gasteiger charge is -2.27. The number of hydrogen-bond acceptors (Lipinski definition) is 4. The first kappa shape index (κ1) is 19.3. The average molecular weight is 404 g/mol. The van der Waals surface area contributed by atoms with Gasteiger partial charge < -0.3 is 4.98 Å². The first-order chi connectivity index (χ1) is 13.8. The van der Waals surface area contributed by atoms with Gasteiger partial charge in [0.25, 0.3) is 5.56 Å². The van der Waals surface area contributed by atoms with Crippen LogP contribution in [0.4, 0.5) is 17.6 Å². The summed E-state index contributed by atoms with van der Waals surface area (Å²) in [6.07, 6.45) is -1.06. The molecule has 1 aliphatic rings. The van der Waals surface area contributed by atoms with Crippen molar-refractivity contribution in [3.63, 3.8) is 0 Å². The van der Waals surface area contributed by atoms with Crippen LogP contribution in [0.5, 0.6) is 0 Å². The molecule has 1 N–H and O–H groups in total. The van der Waals surface area contributed by atoms with Crippen LogP contribution < -0.4 is 5.56 Å². The average Bonchev–Trinajstić information content (AvgIpc) is 2.68. The smallest absolute Gasteiger partial charge is 0.303 e. The van der Waals surface area contributed by atoms with E-state index in [1.807, 2.05) is 16.0 Å². The highest BCUT2D eigenvalue weighted by Gasteiger charge is 2.35. The van der Waals surface area contributed by atoms with E-state index in [1.165, 1.54) is 12.1 Å². The Labute approximate surface area is 163 Å². The minimum atomic E-state index is -4.68. The Kier molecular flexibility index (Phi) is 4.91.